The number of benzene rings is 1. The van der Waals surface area contributed by atoms with Gasteiger partial charge in [-0.25, -0.2) is 0 Å². The first-order chi connectivity index (χ1) is 9.47. The molecule has 0 aliphatic heterocycles. The van der Waals surface area contributed by atoms with Crippen LogP contribution in [0, 0.1) is 10.1 Å². The molecule has 2 rings (SSSR count). The van der Waals surface area contributed by atoms with Crippen molar-refractivity contribution in [1.29, 1.82) is 0 Å². The first-order valence-corrected chi connectivity index (χ1v) is 6.97. The number of aromatic nitrogens is 2. The predicted molar refractivity (Wildman–Crippen MR) is 80.7 cm³/mol. The lowest BCUT2D eigenvalue weighted by atomic mass is 10.2. The largest absolute Gasteiger partial charge is 0.378 e. The normalized spacial score (nSPS) is 10.8. The van der Waals surface area contributed by atoms with Crippen molar-refractivity contribution in [2.24, 2.45) is 0 Å². The fraction of sp³-hybridized carbons (Fsp3) is 0.308. The maximum atomic E-state index is 10.9. The second-order valence-electron chi connectivity index (χ2n) is 4.70. The molecule has 0 amide bonds. The molecule has 7 heteroatoms. The highest BCUT2D eigenvalue weighted by atomic mass is 79.9. The molecular weight excluding hydrogens is 324 g/mol. The molecule has 0 aliphatic carbocycles. The van der Waals surface area contributed by atoms with Crippen molar-refractivity contribution < 1.29 is 4.92 Å². The third-order valence-electron chi connectivity index (χ3n) is 2.83. The number of nitrogens with zero attached hydrogens (tertiary/aromatic N) is 3. The van der Waals surface area contributed by atoms with E-state index in [-0.39, 0.29) is 5.69 Å². The second-order valence-corrected chi connectivity index (χ2v) is 5.55. The molecule has 1 aromatic heterocycles. The predicted octanol–water partition coefficient (Wildman–Crippen LogP) is 3.75. The van der Waals surface area contributed by atoms with E-state index in [9.17, 15) is 10.1 Å². The van der Waals surface area contributed by atoms with Crippen LogP contribution in [0.1, 0.15) is 25.5 Å². The Balaban J connectivity index is 2.06. The molecule has 0 unspecified atom stereocenters. The molecule has 0 bridgehead atoms. The lowest BCUT2D eigenvalue weighted by molar-refractivity contribution is -0.385. The van der Waals surface area contributed by atoms with Gasteiger partial charge in [0.1, 0.15) is 0 Å². The molecular formula is C13H15BrN4O2. The Morgan fingerprint density at radius 2 is 2.25 bits per heavy atom. The van der Waals surface area contributed by atoms with Gasteiger partial charge < -0.3 is 5.32 Å². The molecule has 0 saturated heterocycles. The first kappa shape index (κ1) is 14.5. The molecule has 2 aromatic rings. The SMILES string of the molecule is CC(C)n1cc(NCc2ccc(Br)c([N+](=O)[O-])c2)cn1. The summed E-state index contributed by atoms with van der Waals surface area (Å²) in [6.07, 6.45) is 3.66. The Hall–Kier alpha value is -1.89. The van der Waals surface area contributed by atoms with Crippen LogP contribution in [0.15, 0.2) is 35.1 Å². The third kappa shape index (κ3) is 3.36. The van der Waals surface area contributed by atoms with E-state index in [1.165, 1.54) is 0 Å². The van der Waals surface area contributed by atoms with E-state index in [1.807, 2.05) is 16.9 Å². The molecule has 106 valence electrons. The minimum atomic E-state index is -0.398. The summed E-state index contributed by atoms with van der Waals surface area (Å²) in [7, 11) is 0. The maximum absolute atomic E-state index is 10.9. The van der Waals surface area contributed by atoms with E-state index in [2.05, 4.69) is 40.2 Å². The number of halogens is 1. The summed E-state index contributed by atoms with van der Waals surface area (Å²) in [5.41, 5.74) is 1.81. The smallest absolute Gasteiger partial charge is 0.283 e. The number of hydrogen-bond acceptors (Lipinski definition) is 4. The van der Waals surface area contributed by atoms with Gasteiger partial charge in [-0.15, -0.1) is 0 Å². The van der Waals surface area contributed by atoms with Crippen molar-refractivity contribution in [2.45, 2.75) is 26.4 Å². The number of nitro benzene ring substituents is 1. The summed E-state index contributed by atoms with van der Waals surface area (Å²) in [5, 5.41) is 18.3. The average Bonchev–Trinajstić information content (AvgIpc) is 2.86. The van der Waals surface area contributed by atoms with E-state index in [1.54, 1.807) is 18.3 Å². The summed E-state index contributed by atoms with van der Waals surface area (Å²) in [4.78, 5) is 10.5. The zero-order valence-corrected chi connectivity index (χ0v) is 12.8. The van der Waals surface area contributed by atoms with Crippen LogP contribution in [-0.2, 0) is 6.54 Å². The Kier molecular flexibility index (Phi) is 4.39. The van der Waals surface area contributed by atoms with Crippen LogP contribution in [0.2, 0.25) is 0 Å². The standard InChI is InChI=1S/C13H15BrN4O2/c1-9(2)17-8-11(7-16-17)15-6-10-3-4-12(14)13(5-10)18(19)20/h3-5,7-9,15H,6H2,1-2H3. The van der Waals surface area contributed by atoms with Crippen LogP contribution < -0.4 is 5.32 Å². The van der Waals surface area contributed by atoms with Gasteiger partial charge >= 0.3 is 0 Å². The van der Waals surface area contributed by atoms with Crippen molar-refractivity contribution in [3.8, 4) is 0 Å². The molecule has 0 radical (unpaired) electrons. The van der Waals surface area contributed by atoms with Gasteiger partial charge in [-0.1, -0.05) is 6.07 Å². The lowest BCUT2D eigenvalue weighted by Gasteiger charge is -2.05. The van der Waals surface area contributed by atoms with Gasteiger partial charge in [-0.05, 0) is 41.4 Å². The first-order valence-electron chi connectivity index (χ1n) is 6.18. The Morgan fingerprint density at radius 1 is 1.50 bits per heavy atom. The Labute approximate surface area is 125 Å². The van der Waals surface area contributed by atoms with E-state index in [0.29, 0.717) is 17.1 Å². The minimum absolute atomic E-state index is 0.0715. The highest BCUT2D eigenvalue weighted by Gasteiger charge is 2.12. The summed E-state index contributed by atoms with van der Waals surface area (Å²) in [5.74, 6) is 0. The summed E-state index contributed by atoms with van der Waals surface area (Å²) in [6.45, 7) is 4.61. The van der Waals surface area contributed by atoms with E-state index < -0.39 is 4.92 Å². The molecule has 1 N–H and O–H groups in total. The van der Waals surface area contributed by atoms with Crippen LogP contribution in [-0.4, -0.2) is 14.7 Å². The van der Waals surface area contributed by atoms with Gasteiger partial charge in [0, 0.05) is 24.8 Å². The van der Waals surface area contributed by atoms with Crippen LogP contribution in [0.3, 0.4) is 0 Å². The molecule has 1 aromatic carbocycles. The van der Waals surface area contributed by atoms with E-state index in [0.717, 1.165) is 11.3 Å². The Bertz CT molecular complexity index is 625. The summed E-state index contributed by atoms with van der Waals surface area (Å²) < 4.78 is 2.34. The number of nitrogens with one attached hydrogen (secondary N) is 1. The lowest BCUT2D eigenvalue weighted by Crippen LogP contribution is -2.01. The highest BCUT2D eigenvalue weighted by Crippen LogP contribution is 2.26. The maximum Gasteiger partial charge on any atom is 0.283 e. The highest BCUT2D eigenvalue weighted by molar-refractivity contribution is 9.10. The fourth-order valence-corrected chi connectivity index (χ4v) is 2.12. The zero-order chi connectivity index (χ0) is 14.7. The molecule has 0 saturated carbocycles. The van der Waals surface area contributed by atoms with Crippen LogP contribution in [0.5, 0.6) is 0 Å². The van der Waals surface area contributed by atoms with Gasteiger partial charge in [-0.3, -0.25) is 14.8 Å². The molecule has 1 heterocycles. The fourth-order valence-electron chi connectivity index (χ4n) is 1.72. The van der Waals surface area contributed by atoms with Crippen molar-refractivity contribution >= 4 is 27.3 Å². The van der Waals surface area contributed by atoms with E-state index in [4.69, 9.17) is 0 Å². The quantitative estimate of drug-likeness (QED) is 0.665. The summed E-state index contributed by atoms with van der Waals surface area (Å²) >= 11 is 3.17. The van der Waals surface area contributed by atoms with Gasteiger partial charge in [0.25, 0.3) is 5.69 Å². The molecule has 20 heavy (non-hydrogen) atoms. The molecule has 6 nitrogen and oxygen atoms in total. The monoisotopic (exact) mass is 338 g/mol. The van der Waals surface area contributed by atoms with Crippen LogP contribution in [0.25, 0.3) is 0 Å². The van der Waals surface area contributed by atoms with Crippen LogP contribution in [0.4, 0.5) is 11.4 Å². The molecule has 0 atom stereocenters. The van der Waals surface area contributed by atoms with Crippen molar-refractivity contribution in [2.75, 3.05) is 5.32 Å². The van der Waals surface area contributed by atoms with Crippen molar-refractivity contribution in [3.63, 3.8) is 0 Å². The second kappa shape index (κ2) is 6.04. The topological polar surface area (TPSA) is 73.0 Å². The number of nitro groups is 1. The van der Waals surface area contributed by atoms with Crippen molar-refractivity contribution in [3.05, 3.63) is 50.7 Å². The third-order valence-corrected chi connectivity index (χ3v) is 3.51. The molecule has 0 fully saturated rings. The van der Waals surface area contributed by atoms with Gasteiger partial charge in [0.2, 0.25) is 0 Å². The Morgan fingerprint density at radius 3 is 2.85 bits per heavy atom. The van der Waals surface area contributed by atoms with E-state index >= 15 is 0 Å². The average molecular weight is 339 g/mol. The van der Waals surface area contributed by atoms with Gasteiger partial charge in [0.15, 0.2) is 0 Å². The zero-order valence-electron chi connectivity index (χ0n) is 11.2. The van der Waals surface area contributed by atoms with Crippen LogP contribution >= 0.6 is 15.9 Å². The van der Waals surface area contributed by atoms with Crippen molar-refractivity contribution in [1.82, 2.24) is 9.78 Å². The number of anilines is 1. The van der Waals surface area contributed by atoms with Gasteiger partial charge in [0.05, 0.1) is 21.3 Å². The number of hydrogen-bond donors (Lipinski definition) is 1. The molecule has 0 spiro atoms. The minimum Gasteiger partial charge on any atom is -0.378 e. The summed E-state index contributed by atoms with van der Waals surface area (Å²) in [6, 6.07) is 5.40. The molecule has 0 aliphatic rings. The van der Waals surface area contributed by atoms with Gasteiger partial charge in [-0.2, -0.15) is 5.10 Å². The number of rotatable bonds is 5.